The molecule has 0 bridgehead atoms. The number of carbonyl (C=O) groups excluding carboxylic acids is 3. The Bertz CT molecular complexity index is 843. The zero-order chi connectivity index (χ0) is 21.5. The van der Waals surface area contributed by atoms with Crippen LogP contribution >= 0.6 is 23.1 Å². The van der Waals surface area contributed by atoms with Crippen LogP contribution in [0.5, 0.6) is 0 Å². The average Bonchev–Trinajstić information content (AvgIpc) is 3.41. The van der Waals surface area contributed by atoms with Crippen molar-refractivity contribution in [1.29, 1.82) is 0 Å². The smallest absolute Gasteiger partial charge is 0.321 e. The molecule has 0 saturated heterocycles. The molecule has 1 fully saturated rings. The molecule has 2 atom stereocenters. The minimum Gasteiger partial charge on any atom is -0.469 e. The number of amides is 2. The first-order chi connectivity index (χ1) is 14.5. The van der Waals surface area contributed by atoms with E-state index in [1.807, 2.05) is 25.2 Å². The summed E-state index contributed by atoms with van der Waals surface area (Å²) in [5.41, 5.74) is 1.04. The van der Waals surface area contributed by atoms with Gasteiger partial charge in [0.1, 0.15) is 5.78 Å². The Labute approximate surface area is 184 Å². The molecule has 1 heterocycles. The van der Waals surface area contributed by atoms with Crippen molar-refractivity contribution < 1.29 is 19.1 Å². The van der Waals surface area contributed by atoms with Crippen molar-refractivity contribution in [3.63, 3.8) is 0 Å². The van der Waals surface area contributed by atoms with Gasteiger partial charge in [-0.1, -0.05) is 48.0 Å². The molecule has 0 radical (unpaired) electrons. The lowest BCUT2D eigenvalue weighted by Gasteiger charge is -2.27. The second-order valence-corrected chi connectivity index (χ2v) is 9.89. The summed E-state index contributed by atoms with van der Waals surface area (Å²) in [6.07, 6.45) is 11.9. The Morgan fingerprint density at radius 3 is 2.80 bits per heavy atom. The van der Waals surface area contributed by atoms with Gasteiger partial charge in [0.2, 0.25) is 0 Å². The molecular formula is C21H27N3O4S2. The van der Waals surface area contributed by atoms with Crippen molar-refractivity contribution in [1.82, 2.24) is 10.3 Å². The number of hydrogen-bond donors (Lipinski definition) is 2. The van der Waals surface area contributed by atoms with E-state index in [0.29, 0.717) is 17.3 Å². The van der Waals surface area contributed by atoms with Gasteiger partial charge in [-0.15, -0.1) is 11.8 Å². The van der Waals surface area contributed by atoms with E-state index in [-0.39, 0.29) is 35.7 Å². The number of nitrogens with one attached hydrogen (secondary N) is 2. The molecule has 0 aliphatic heterocycles. The SMILES string of the molecule is COC(=O)CCSc1cnc(NC(=O)NC2C=CC(C)=CC2C(=O)C2CCCC2)s1. The van der Waals surface area contributed by atoms with Crippen LogP contribution in [-0.2, 0) is 14.3 Å². The number of anilines is 1. The van der Waals surface area contributed by atoms with Crippen LogP contribution in [-0.4, -0.2) is 41.7 Å². The van der Waals surface area contributed by atoms with Crippen LogP contribution in [0.1, 0.15) is 39.0 Å². The average molecular weight is 450 g/mol. The maximum atomic E-state index is 13.0. The van der Waals surface area contributed by atoms with E-state index in [2.05, 4.69) is 20.4 Å². The Kier molecular flexibility index (Phi) is 8.09. The molecule has 2 aliphatic rings. The number of ketones is 1. The quantitative estimate of drug-likeness (QED) is 0.456. The summed E-state index contributed by atoms with van der Waals surface area (Å²) >= 11 is 2.83. The van der Waals surface area contributed by atoms with Gasteiger partial charge >= 0.3 is 12.0 Å². The minimum atomic E-state index is -0.387. The highest BCUT2D eigenvalue weighted by molar-refractivity contribution is 8.01. The monoisotopic (exact) mass is 449 g/mol. The van der Waals surface area contributed by atoms with Crippen LogP contribution in [0.4, 0.5) is 9.93 Å². The maximum Gasteiger partial charge on any atom is 0.321 e. The van der Waals surface area contributed by atoms with E-state index in [0.717, 1.165) is 35.5 Å². The third kappa shape index (κ3) is 6.18. The lowest BCUT2D eigenvalue weighted by atomic mass is 9.82. The number of esters is 1. The van der Waals surface area contributed by atoms with Gasteiger partial charge in [0.05, 0.1) is 35.9 Å². The van der Waals surface area contributed by atoms with Gasteiger partial charge in [0.15, 0.2) is 5.13 Å². The Balaban J connectivity index is 1.53. The van der Waals surface area contributed by atoms with E-state index >= 15 is 0 Å². The standard InChI is InChI=1S/C21H27N3O4S2/c1-13-7-8-16(15(11-13)19(26)14-5-3-4-6-14)23-20(27)24-21-22-12-18(30-21)29-10-9-17(25)28-2/h7-8,11-12,14-16H,3-6,9-10H2,1-2H3,(H2,22,23,24,27). The van der Waals surface area contributed by atoms with Gasteiger partial charge in [-0.2, -0.15) is 0 Å². The first kappa shape index (κ1) is 22.6. The molecule has 30 heavy (non-hydrogen) atoms. The lowest BCUT2D eigenvalue weighted by molar-refractivity contribution is -0.140. The third-order valence-corrected chi connectivity index (χ3v) is 7.37. The molecule has 0 aromatic carbocycles. The molecule has 2 unspecified atom stereocenters. The van der Waals surface area contributed by atoms with E-state index < -0.39 is 0 Å². The summed E-state index contributed by atoms with van der Waals surface area (Å²) in [5.74, 6) is 0.326. The fourth-order valence-corrected chi connectivity index (χ4v) is 5.57. The number of aromatic nitrogens is 1. The number of hydrogen-bond acceptors (Lipinski definition) is 7. The van der Waals surface area contributed by atoms with Gasteiger partial charge in [-0.3, -0.25) is 14.9 Å². The molecule has 9 heteroatoms. The first-order valence-corrected chi connectivity index (χ1v) is 11.9. The normalized spacial score (nSPS) is 21.2. The summed E-state index contributed by atoms with van der Waals surface area (Å²) < 4.78 is 5.52. The van der Waals surface area contributed by atoms with Crippen LogP contribution in [0.3, 0.4) is 0 Å². The molecule has 1 saturated carbocycles. The Morgan fingerprint density at radius 1 is 1.30 bits per heavy atom. The summed E-state index contributed by atoms with van der Waals surface area (Å²) in [7, 11) is 1.37. The second-order valence-electron chi connectivity index (χ2n) is 7.46. The highest BCUT2D eigenvalue weighted by Crippen LogP contribution is 2.32. The largest absolute Gasteiger partial charge is 0.469 e. The van der Waals surface area contributed by atoms with Gasteiger partial charge in [-0.25, -0.2) is 9.78 Å². The predicted octanol–water partition coefficient (Wildman–Crippen LogP) is 4.18. The van der Waals surface area contributed by atoms with Gasteiger partial charge in [0, 0.05) is 11.7 Å². The summed E-state index contributed by atoms with van der Waals surface area (Å²) in [6.45, 7) is 1.97. The van der Waals surface area contributed by atoms with E-state index in [9.17, 15) is 14.4 Å². The molecule has 3 rings (SSSR count). The molecule has 2 N–H and O–H groups in total. The van der Waals surface area contributed by atoms with Gasteiger partial charge in [0.25, 0.3) is 0 Å². The van der Waals surface area contributed by atoms with Gasteiger partial charge in [-0.05, 0) is 19.8 Å². The van der Waals surface area contributed by atoms with E-state index in [1.54, 1.807) is 6.20 Å². The fourth-order valence-electron chi connectivity index (χ4n) is 3.70. The number of thioether (sulfide) groups is 1. The van der Waals surface area contributed by atoms with Crippen LogP contribution in [0.15, 0.2) is 34.2 Å². The highest BCUT2D eigenvalue weighted by Gasteiger charge is 2.34. The number of allylic oxidation sites excluding steroid dienone is 2. The van der Waals surface area contributed by atoms with Crippen molar-refractivity contribution in [3.8, 4) is 0 Å². The number of ether oxygens (including phenoxy) is 1. The van der Waals surface area contributed by atoms with Crippen molar-refractivity contribution in [2.24, 2.45) is 11.8 Å². The van der Waals surface area contributed by atoms with Crippen molar-refractivity contribution in [2.75, 3.05) is 18.2 Å². The van der Waals surface area contributed by atoms with Gasteiger partial charge < -0.3 is 10.1 Å². The Morgan fingerprint density at radius 2 is 2.07 bits per heavy atom. The number of nitrogens with zero attached hydrogens (tertiary/aromatic N) is 1. The first-order valence-electron chi connectivity index (χ1n) is 10.1. The van der Waals surface area contributed by atoms with Crippen molar-refractivity contribution in [2.45, 2.75) is 49.3 Å². The molecule has 162 valence electrons. The van der Waals surface area contributed by atoms with Crippen LogP contribution in [0.25, 0.3) is 0 Å². The number of Topliss-reactive ketones (excluding diaryl/α,β-unsaturated/α-hetero) is 1. The van der Waals surface area contributed by atoms with Crippen LogP contribution < -0.4 is 10.6 Å². The van der Waals surface area contributed by atoms with E-state index in [1.165, 1.54) is 30.2 Å². The summed E-state index contributed by atoms with van der Waals surface area (Å²) in [6, 6.07) is -0.752. The van der Waals surface area contributed by atoms with Crippen molar-refractivity contribution >= 4 is 46.0 Å². The van der Waals surface area contributed by atoms with Crippen LogP contribution in [0, 0.1) is 11.8 Å². The zero-order valence-corrected chi connectivity index (χ0v) is 18.8. The molecule has 2 amide bonds. The molecule has 0 spiro atoms. The maximum absolute atomic E-state index is 13.0. The number of urea groups is 1. The number of methoxy groups -OCH3 is 1. The highest BCUT2D eigenvalue weighted by atomic mass is 32.2. The third-order valence-electron chi connectivity index (χ3n) is 5.26. The zero-order valence-electron chi connectivity index (χ0n) is 17.2. The number of rotatable bonds is 8. The molecule has 7 nitrogen and oxygen atoms in total. The minimum absolute atomic E-state index is 0.0986. The molecular weight excluding hydrogens is 422 g/mol. The topological polar surface area (TPSA) is 97.4 Å². The fraction of sp³-hybridized carbons (Fsp3) is 0.524. The second kappa shape index (κ2) is 10.8. The number of thiazole rings is 1. The van der Waals surface area contributed by atoms with E-state index in [4.69, 9.17) is 0 Å². The molecule has 2 aliphatic carbocycles. The number of carbonyl (C=O) groups is 3. The summed E-state index contributed by atoms with van der Waals surface area (Å²) in [5, 5.41) is 6.13. The predicted molar refractivity (Wildman–Crippen MR) is 119 cm³/mol. The summed E-state index contributed by atoms with van der Waals surface area (Å²) in [4.78, 5) is 40.9. The molecule has 1 aromatic heterocycles. The lowest BCUT2D eigenvalue weighted by Crippen LogP contribution is -2.45. The Hall–Kier alpha value is -2.13. The van der Waals surface area contributed by atoms with Crippen molar-refractivity contribution in [3.05, 3.63) is 30.0 Å². The molecule has 1 aromatic rings. The van der Waals surface area contributed by atoms with Crippen LogP contribution in [0.2, 0.25) is 0 Å².